The third-order valence-corrected chi connectivity index (χ3v) is 6.85. The van der Waals surface area contributed by atoms with E-state index in [1.54, 1.807) is 20.4 Å². The molecule has 0 spiro atoms. The second kappa shape index (κ2) is 12.8. The van der Waals surface area contributed by atoms with Gasteiger partial charge in [0.1, 0.15) is 11.5 Å². The molecule has 0 N–H and O–H groups in total. The quantitative estimate of drug-likeness (QED) is 0.298. The molecular weight excluding hydrogens is 495 g/mol. The lowest BCUT2D eigenvalue weighted by Gasteiger charge is -2.44. The summed E-state index contributed by atoms with van der Waals surface area (Å²) in [4.78, 5) is 20.0. The number of carbonyl (C=O) groups is 1. The van der Waals surface area contributed by atoms with Gasteiger partial charge in [-0.1, -0.05) is 54.4 Å². The predicted octanol–water partition coefficient (Wildman–Crippen LogP) is 7.54. The zero-order chi connectivity index (χ0) is 26.1. The SMILES string of the molecule is C=CC[C@@]1(C)CCC(c2ccc(Cl)cn2)N(Cc2ccc(OC)cc2OC)C1=O.Clc1ccccc1. The van der Waals surface area contributed by atoms with Gasteiger partial charge in [-0.2, -0.15) is 0 Å². The van der Waals surface area contributed by atoms with Gasteiger partial charge in [-0.15, -0.1) is 6.58 Å². The number of carbonyl (C=O) groups excluding carboxylic acids is 1. The summed E-state index contributed by atoms with van der Waals surface area (Å²) in [6, 6.07) is 18.7. The summed E-state index contributed by atoms with van der Waals surface area (Å²) in [6.07, 6.45) is 5.70. The van der Waals surface area contributed by atoms with Crippen molar-refractivity contribution < 1.29 is 14.3 Å². The number of nitrogens with zero attached hydrogens (tertiary/aromatic N) is 2. The Bertz CT molecular complexity index is 1150. The number of likely N-dealkylation sites (tertiary alicyclic amines) is 1. The number of methoxy groups -OCH3 is 2. The molecule has 1 fully saturated rings. The van der Waals surface area contributed by atoms with E-state index in [0.717, 1.165) is 29.1 Å². The second-order valence-electron chi connectivity index (χ2n) is 8.92. The van der Waals surface area contributed by atoms with E-state index < -0.39 is 5.41 Å². The molecule has 36 heavy (non-hydrogen) atoms. The molecular formula is C29H32Cl2N2O3. The van der Waals surface area contributed by atoms with Crippen LogP contribution in [0.2, 0.25) is 10.0 Å². The van der Waals surface area contributed by atoms with Gasteiger partial charge in [0.25, 0.3) is 0 Å². The van der Waals surface area contributed by atoms with Gasteiger partial charge in [0.05, 0.1) is 36.4 Å². The van der Waals surface area contributed by atoms with Crippen LogP contribution in [0.3, 0.4) is 0 Å². The van der Waals surface area contributed by atoms with Crippen LogP contribution < -0.4 is 9.47 Å². The Morgan fingerprint density at radius 3 is 2.39 bits per heavy atom. The van der Waals surface area contributed by atoms with Crippen molar-refractivity contribution in [2.45, 2.75) is 38.8 Å². The first-order valence-electron chi connectivity index (χ1n) is 11.8. The Kier molecular flexibility index (Phi) is 9.80. The maximum atomic E-state index is 13.6. The minimum atomic E-state index is -0.468. The molecule has 2 aromatic carbocycles. The van der Waals surface area contributed by atoms with Crippen LogP contribution in [0.5, 0.6) is 11.5 Å². The van der Waals surface area contributed by atoms with E-state index in [9.17, 15) is 4.79 Å². The van der Waals surface area contributed by atoms with Crippen molar-refractivity contribution in [3.8, 4) is 11.5 Å². The van der Waals surface area contributed by atoms with Gasteiger partial charge in [0.15, 0.2) is 0 Å². The number of amides is 1. The summed E-state index contributed by atoms with van der Waals surface area (Å²) in [5, 5.41) is 1.37. The molecule has 7 heteroatoms. The Labute approximate surface area is 223 Å². The van der Waals surface area contributed by atoms with Crippen molar-refractivity contribution in [1.82, 2.24) is 9.88 Å². The lowest BCUT2D eigenvalue weighted by Crippen LogP contribution is -2.48. The van der Waals surface area contributed by atoms with Crippen LogP contribution in [0.4, 0.5) is 0 Å². The highest BCUT2D eigenvalue weighted by Crippen LogP contribution is 2.44. The van der Waals surface area contributed by atoms with Gasteiger partial charge >= 0.3 is 0 Å². The molecule has 5 nitrogen and oxygen atoms in total. The highest BCUT2D eigenvalue weighted by atomic mass is 35.5. The minimum absolute atomic E-state index is 0.100. The number of hydrogen-bond donors (Lipinski definition) is 0. The van der Waals surface area contributed by atoms with Crippen molar-refractivity contribution in [2.75, 3.05) is 14.2 Å². The van der Waals surface area contributed by atoms with Gasteiger partial charge in [-0.05, 0) is 55.7 Å². The standard InChI is InChI=1S/C23H27ClN2O3.C6H5Cl/c1-5-11-23(2)12-10-20(19-9-7-17(24)14-25-19)26(22(23)27)15-16-6-8-18(28-3)13-21(16)29-4;7-6-4-2-1-3-5-6/h5-9,13-14,20H,1,10-12,15H2,2-4H3;1-5H/t20?,23-;/m0./s1. The predicted molar refractivity (Wildman–Crippen MR) is 146 cm³/mol. The third kappa shape index (κ3) is 6.80. The molecule has 2 atom stereocenters. The molecule has 0 saturated carbocycles. The number of ether oxygens (including phenoxy) is 2. The summed E-state index contributed by atoms with van der Waals surface area (Å²) in [6.45, 7) is 6.28. The fourth-order valence-electron chi connectivity index (χ4n) is 4.37. The van der Waals surface area contributed by atoms with Crippen LogP contribution in [-0.2, 0) is 11.3 Å². The summed E-state index contributed by atoms with van der Waals surface area (Å²) in [5.74, 6) is 1.50. The number of allylic oxidation sites excluding steroid dienone is 1. The van der Waals surface area contributed by atoms with E-state index in [1.165, 1.54) is 0 Å². The normalized spacial score (nSPS) is 19.2. The van der Waals surface area contributed by atoms with E-state index in [0.29, 0.717) is 29.5 Å². The van der Waals surface area contributed by atoms with Gasteiger partial charge in [-0.3, -0.25) is 9.78 Å². The van der Waals surface area contributed by atoms with E-state index in [2.05, 4.69) is 11.6 Å². The highest BCUT2D eigenvalue weighted by molar-refractivity contribution is 6.30. The van der Waals surface area contributed by atoms with E-state index in [4.69, 9.17) is 32.7 Å². The van der Waals surface area contributed by atoms with Crippen LogP contribution in [0, 0.1) is 5.41 Å². The molecule has 190 valence electrons. The Morgan fingerprint density at radius 2 is 1.83 bits per heavy atom. The lowest BCUT2D eigenvalue weighted by atomic mass is 9.75. The zero-order valence-corrected chi connectivity index (χ0v) is 22.4. The Balaban J connectivity index is 0.000000444. The summed E-state index contributed by atoms with van der Waals surface area (Å²) in [5.41, 5.74) is 1.30. The van der Waals surface area contributed by atoms with Crippen LogP contribution in [0.15, 0.2) is 79.5 Å². The number of pyridine rings is 1. The second-order valence-corrected chi connectivity index (χ2v) is 9.79. The fraction of sp³-hybridized carbons (Fsp3) is 0.310. The van der Waals surface area contributed by atoms with Gasteiger partial charge in [0.2, 0.25) is 5.91 Å². The maximum absolute atomic E-state index is 13.6. The number of piperidine rings is 1. The topological polar surface area (TPSA) is 51.7 Å². The minimum Gasteiger partial charge on any atom is -0.497 e. The monoisotopic (exact) mass is 526 g/mol. The van der Waals surface area contributed by atoms with Crippen LogP contribution in [-0.4, -0.2) is 30.0 Å². The van der Waals surface area contributed by atoms with Crippen LogP contribution >= 0.6 is 23.2 Å². The third-order valence-electron chi connectivity index (χ3n) is 6.38. The molecule has 2 heterocycles. The number of benzene rings is 2. The number of halogens is 2. The van der Waals surface area contributed by atoms with Crippen molar-refractivity contribution in [1.29, 1.82) is 0 Å². The van der Waals surface area contributed by atoms with Gasteiger partial charge in [0, 0.05) is 29.4 Å². The molecule has 1 amide bonds. The van der Waals surface area contributed by atoms with Gasteiger partial charge in [-0.25, -0.2) is 0 Å². The van der Waals surface area contributed by atoms with Crippen molar-refractivity contribution in [3.05, 3.63) is 101 Å². The molecule has 0 aliphatic carbocycles. The molecule has 1 aliphatic heterocycles. The molecule has 0 radical (unpaired) electrons. The lowest BCUT2D eigenvalue weighted by molar-refractivity contribution is -0.150. The summed E-state index contributed by atoms with van der Waals surface area (Å²) < 4.78 is 10.8. The number of hydrogen-bond acceptors (Lipinski definition) is 4. The first kappa shape index (κ1) is 27.6. The highest BCUT2D eigenvalue weighted by Gasteiger charge is 2.44. The summed E-state index contributed by atoms with van der Waals surface area (Å²) in [7, 11) is 3.24. The largest absolute Gasteiger partial charge is 0.497 e. The molecule has 1 aliphatic rings. The first-order chi connectivity index (χ1) is 17.3. The average molecular weight is 527 g/mol. The number of aromatic nitrogens is 1. The van der Waals surface area contributed by atoms with E-state index in [1.807, 2.05) is 78.6 Å². The van der Waals surface area contributed by atoms with Crippen molar-refractivity contribution in [2.24, 2.45) is 5.41 Å². The molecule has 1 unspecified atom stereocenters. The zero-order valence-electron chi connectivity index (χ0n) is 20.9. The Hall–Kier alpha value is -3.02. The van der Waals surface area contributed by atoms with Crippen LogP contribution in [0.25, 0.3) is 0 Å². The Morgan fingerprint density at radius 1 is 1.08 bits per heavy atom. The first-order valence-corrected chi connectivity index (χ1v) is 12.5. The molecule has 1 aromatic heterocycles. The molecule has 1 saturated heterocycles. The average Bonchev–Trinajstić information content (AvgIpc) is 2.89. The molecule has 4 rings (SSSR count). The van der Waals surface area contributed by atoms with E-state index >= 15 is 0 Å². The van der Waals surface area contributed by atoms with Gasteiger partial charge < -0.3 is 14.4 Å². The smallest absolute Gasteiger partial charge is 0.229 e. The van der Waals surface area contributed by atoms with Crippen LogP contribution in [0.1, 0.15) is 43.5 Å². The molecule has 3 aromatic rings. The summed E-state index contributed by atoms with van der Waals surface area (Å²) >= 11 is 11.6. The van der Waals surface area contributed by atoms with Crippen molar-refractivity contribution in [3.63, 3.8) is 0 Å². The van der Waals surface area contributed by atoms with Crippen molar-refractivity contribution >= 4 is 29.1 Å². The fourth-order valence-corrected chi connectivity index (χ4v) is 4.63. The van der Waals surface area contributed by atoms with E-state index in [-0.39, 0.29) is 11.9 Å². The number of rotatable bonds is 7. The maximum Gasteiger partial charge on any atom is 0.229 e. The molecule has 0 bridgehead atoms.